The molecule has 0 aliphatic carbocycles. The van der Waals surface area contributed by atoms with E-state index < -0.39 is 23.9 Å². The van der Waals surface area contributed by atoms with Gasteiger partial charge in [-0.05, 0) is 12.8 Å². The molecule has 104 valence electrons. The molecule has 0 saturated carbocycles. The van der Waals surface area contributed by atoms with E-state index in [1.807, 2.05) is 0 Å². The molecule has 1 N–H and O–H groups in total. The molecule has 1 heterocycles. The average Bonchev–Trinajstić information content (AvgIpc) is 2.59. The van der Waals surface area contributed by atoms with Gasteiger partial charge in [0, 0.05) is 0 Å². The third-order valence-corrected chi connectivity index (χ3v) is 3.71. The number of carboxylic acids is 1. The zero-order valence-corrected chi connectivity index (χ0v) is 11.4. The fourth-order valence-corrected chi connectivity index (χ4v) is 2.54. The van der Waals surface area contributed by atoms with Crippen molar-refractivity contribution in [1.82, 2.24) is 0 Å². The van der Waals surface area contributed by atoms with Gasteiger partial charge in [0.2, 0.25) is 0 Å². The minimum absolute atomic E-state index is 0.363. The van der Waals surface area contributed by atoms with E-state index >= 15 is 0 Å². The van der Waals surface area contributed by atoms with Gasteiger partial charge in [-0.2, -0.15) is 0 Å². The third kappa shape index (κ3) is 4.00. The smallest absolute Gasteiger partial charge is 0.311 e. The third-order valence-electron chi connectivity index (χ3n) is 3.71. The van der Waals surface area contributed by atoms with Crippen molar-refractivity contribution in [3.05, 3.63) is 0 Å². The maximum absolute atomic E-state index is 11.4. The number of hydrogen-bond acceptors (Lipinski definition) is 3. The Kier molecular flexibility index (Phi) is 6.16. The van der Waals surface area contributed by atoms with Crippen LogP contribution in [0.2, 0.25) is 0 Å². The molecule has 4 nitrogen and oxygen atoms in total. The fraction of sp³-hybridized carbons (Fsp3) is 0.857. The molecule has 3 atom stereocenters. The van der Waals surface area contributed by atoms with Gasteiger partial charge in [-0.3, -0.25) is 9.59 Å². The average molecular weight is 256 g/mol. The first-order valence-corrected chi connectivity index (χ1v) is 7.01. The number of hydrogen-bond donors (Lipinski definition) is 1. The molecule has 0 aromatic rings. The van der Waals surface area contributed by atoms with Gasteiger partial charge >= 0.3 is 11.9 Å². The zero-order chi connectivity index (χ0) is 13.5. The molecule has 4 heteroatoms. The molecular weight excluding hydrogens is 232 g/mol. The van der Waals surface area contributed by atoms with Gasteiger partial charge in [0.25, 0.3) is 0 Å². The van der Waals surface area contributed by atoms with Crippen LogP contribution in [0.3, 0.4) is 0 Å². The standard InChI is InChI=1S/C14H24O4/c1-3-4-5-6-7-8-9-11-12(13(15)16)10(2)14(17)18-11/h10-12H,3-9H2,1-2H3,(H,15,16)/t10-,11-,12+/m0/s1. The molecule has 1 saturated heterocycles. The molecule has 1 rings (SSSR count). The van der Waals surface area contributed by atoms with Crippen LogP contribution in [0, 0.1) is 11.8 Å². The van der Waals surface area contributed by atoms with Gasteiger partial charge < -0.3 is 9.84 Å². The van der Waals surface area contributed by atoms with Crippen LogP contribution in [0.25, 0.3) is 0 Å². The van der Waals surface area contributed by atoms with Crippen LogP contribution >= 0.6 is 0 Å². The molecule has 0 spiro atoms. The van der Waals surface area contributed by atoms with E-state index in [4.69, 9.17) is 9.84 Å². The number of rotatable bonds is 8. The highest BCUT2D eigenvalue weighted by molar-refractivity contribution is 5.84. The van der Waals surface area contributed by atoms with Crippen LogP contribution in [-0.4, -0.2) is 23.1 Å². The molecule has 0 unspecified atom stereocenters. The van der Waals surface area contributed by atoms with Crippen LogP contribution in [0.15, 0.2) is 0 Å². The number of esters is 1. The summed E-state index contributed by atoms with van der Waals surface area (Å²) in [5.74, 6) is -2.44. The van der Waals surface area contributed by atoms with E-state index in [2.05, 4.69) is 6.92 Å². The van der Waals surface area contributed by atoms with Gasteiger partial charge in [-0.1, -0.05) is 46.0 Å². The Hall–Kier alpha value is -1.06. The van der Waals surface area contributed by atoms with Gasteiger partial charge in [0.15, 0.2) is 0 Å². The van der Waals surface area contributed by atoms with E-state index in [0.717, 1.165) is 12.8 Å². The summed E-state index contributed by atoms with van der Waals surface area (Å²) in [7, 11) is 0. The Morgan fingerprint density at radius 1 is 1.22 bits per heavy atom. The molecule has 1 fully saturated rings. The van der Waals surface area contributed by atoms with Crippen LogP contribution < -0.4 is 0 Å². The Morgan fingerprint density at radius 3 is 2.44 bits per heavy atom. The lowest BCUT2D eigenvalue weighted by Crippen LogP contribution is -2.27. The van der Waals surface area contributed by atoms with Crippen molar-refractivity contribution in [1.29, 1.82) is 0 Å². The molecule has 0 amide bonds. The van der Waals surface area contributed by atoms with Crippen LogP contribution in [0.1, 0.15) is 58.8 Å². The molecule has 0 aromatic heterocycles. The zero-order valence-electron chi connectivity index (χ0n) is 11.4. The first kappa shape index (κ1) is 15.0. The van der Waals surface area contributed by atoms with Crippen molar-refractivity contribution in [2.24, 2.45) is 11.8 Å². The molecule has 0 aromatic carbocycles. The summed E-state index contributed by atoms with van der Waals surface area (Å²) in [6.45, 7) is 3.82. The summed E-state index contributed by atoms with van der Waals surface area (Å²) in [6, 6.07) is 0. The van der Waals surface area contributed by atoms with E-state index in [-0.39, 0.29) is 5.97 Å². The van der Waals surface area contributed by atoms with E-state index in [1.54, 1.807) is 6.92 Å². The lowest BCUT2D eigenvalue weighted by molar-refractivity contribution is -0.144. The largest absolute Gasteiger partial charge is 0.481 e. The lowest BCUT2D eigenvalue weighted by atomic mass is 9.89. The summed E-state index contributed by atoms with van der Waals surface area (Å²) < 4.78 is 5.16. The van der Waals surface area contributed by atoms with Crippen LogP contribution in [0.5, 0.6) is 0 Å². The van der Waals surface area contributed by atoms with Gasteiger partial charge in [0.1, 0.15) is 12.0 Å². The summed E-state index contributed by atoms with van der Waals surface area (Å²) in [6.07, 6.45) is 7.19. The Bertz CT molecular complexity index is 288. The number of carbonyl (C=O) groups is 2. The minimum atomic E-state index is -0.913. The van der Waals surface area contributed by atoms with Crippen LogP contribution in [-0.2, 0) is 14.3 Å². The lowest BCUT2D eigenvalue weighted by Gasteiger charge is -2.15. The second-order valence-corrected chi connectivity index (χ2v) is 5.18. The van der Waals surface area contributed by atoms with Crippen molar-refractivity contribution < 1.29 is 19.4 Å². The summed E-state index contributed by atoms with van der Waals surface area (Å²) >= 11 is 0. The summed E-state index contributed by atoms with van der Waals surface area (Å²) in [5.41, 5.74) is 0. The number of unbranched alkanes of at least 4 members (excludes halogenated alkanes) is 5. The summed E-state index contributed by atoms with van der Waals surface area (Å²) in [4.78, 5) is 22.5. The van der Waals surface area contributed by atoms with Gasteiger partial charge in [-0.15, -0.1) is 0 Å². The quantitative estimate of drug-likeness (QED) is 0.535. The monoisotopic (exact) mass is 256 g/mol. The van der Waals surface area contributed by atoms with E-state index in [9.17, 15) is 9.59 Å². The van der Waals surface area contributed by atoms with E-state index in [0.29, 0.717) is 6.42 Å². The van der Waals surface area contributed by atoms with Crippen molar-refractivity contribution in [3.8, 4) is 0 Å². The summed E-state index contributed by atoms with van der Waals surface area (Å²) in [5, 5.41) is 9.11. The highest BCUT2D eigenvalue weighted by atomic mass is 16.6. The Balaban J connectivity index is 2.28. The van der Waals surface area contributed by atoms with Crippen molar-refractivity contribution in [2.75, 3.05) is 0 Å². The first-order chi connectivity index (χ1) is 8.57. The maximum atomic E-state index is 11.4. The predicted molar refractivity (Wildman–Crippen MR) is 68.2 cm³/mol. The first-order valence-electron chi connectivity index (χ1n) is 7.01. The SMILES string of the molecule is CCCCCCCC[C@@H]1OC(=O)[C@@H](C)[C@H]1C(=O)O. The highest BCUT2D eigenvalue weighted by Gasteiger charge is 2.45. The topological polar surface area (TPSA) is 63.6 Å². The fourth-order valence-electron chi connectivity index (χ4n) is 2.54. The number of ether oxygens (including phenoxy) is 1. The molecule has 1 aliphatic heterocycles. The molecule has 18 heavy (non-hydrogen) atoms. The molecule has 0 bridgehead atoms. The Morgan fingerprint density at radius 2 is 1.83 bits per heavy atom. The van der Waals surface area contributed by atoms with Crippen molar-refractivity contribution in [3.63, 3.8) is 0 Å². The van der Waals surface area contributed by atoms with Crippen LogP contribution in [0.4, 0.5) is 0 Å². The van der Waals surface area contributed by atoms with Crippen molar-refractivity contribution in [2.45, 2.75) is 64.9 Å². The molecule has 1 aliphatic rings. The predicted octanol–water partition coefficient (Wildman–Crippen LogP) is 3.00. The second kappa shape index (κ2) is 7.39. The highest BCUT2D eigenvalue weighted by Crippen LogP contribution is 2.31. The number of cyclic esters (lactones) is 1. The minimum Gasteiger partial charge on any atom is -0.481 e. The number of carbonyl (C=O) groups excluding carboxylic acids is 1. The Labute approximate surface area is 109 Å². The molecular formula is C14H24O4. The second-order valence-electron chi connectivity index (χ2n) is 5.18. The normalized spacial score (nSPS) is 27.2. The molecule has 0 radical (unpaired) electrons. The van der Waals surface area contributed by atoms with Crippen molar-refractivity contribution >= 4 is 11.9 Å². The maximum Gasteiger partial charge on any atom is 0.311 e. The van der Waals surface area contributed by atoms with Gasteiger partial charge in [0.05, 0.1) is 5.92 Å². The van der Waals surface area contributed by atoms with Gasteiger partial charge in [-0.25, -0.2) is 0 Å². The van der Waals surface area contributed by atoms with E-state index in [1.165, 1.54) is 25.7 Å². The number of aliphatic carboxylic acids is 1. The number of carboxylic acid groups (broad SMARTS) is 1.